The zero-order chi connectivity index (χ0) is 13.8. The first-order chi connectivity index (χ1) is 9.15. The van der Waals surface area contributed by atoms with Crippen LogP contribution >= 0.6 is 11.6 Å². The highest BCUT2D eigenvalue weighted by Gasteiger charge is 2.15. The van der Waals surface area contributed by atoms with Crippen molar-refractivity contribution in [1.82, 2.24) is 20.2 Å². The summed E-state index contributed by atoms with van der Waals surface area (Å²) in [5.41, 5.74) is 3.38. The van der Waals surface area contributed by atoms with Crippen LogP contribution in [0.1, 0.15) is 24.4 Å². The Morgan fingerprint density at radius 2 is 2.32 bits per heavy atom. The van der Waals surface area contributed by atoms with E-state index in [1.165, 1.54) is 18.5 Å². The predicted octanol–water partition coefficient (Wildman–Crippen LogP) is 1.84. The number of hydrogen-bond donors (Lipinski definition) is 2. The van der Waals surface area contributed by atoms with Gasteiger partial charge in [0.2, 0.25) is 0 Å². The molecular formula is C12H15ClFN5. The maximum Gasteiger partial charge on any atom is 0.142 e. The second kappa shape index (κ2) is 6.10. The number of hydrogen-bond acceptors (Lipinski definition) is 4. The van der Waals surface area contributed by atoms with Crippen molar-refractivity contribution in [1.29, 1.82) is 0 Å². The predicted molar refractivity (Wildman–Crippen MR) is 70.9 cm³/mol. The molecule has 2 rings (SSSR count). The molecule has 1 heterocycles. The van der Waals surface area contributed by atoms with Crippen molar-refractivity contribution in [2.24, 2.45) is 5.84 Å². The molecule has 3 N–H and O–H groups in total. The molecule has 0 bridgehead atoms. The fourth-order valence-electron chi connectivity index (χ4n) is 1.90. The summed E-state index contributed by atoms with van der Waals surface area (Å²) in [4.78, 5) is 4.18. The van der Waals surface area contributed by atoms with Crippen LogP contribution in [0, 0.1) is 5.82 Å². The van der Waals surface area contributed by atoms with Crippen LogP contribution in [0.4, 0.5) is 4.39 Å². The van der Waals surface area contributed by atoms with E-state index in [2.05, 4.69) is 15.5 Å². The van der Waals surface area contributed by atoms with Gasteiger partial charge in [0, 0.05) is 13.0 Å². The largest absolute Gasteiger partial charge is 0.271 e. The Hall–Kier alpha value is -1.50. The van der Waals surface area contributed by atoms with Gasteiger partial charge in [-0.3, -0.25) is 16.0 Å². The van der Waals surface area contributed by atoms with Gasteiger partial charge in [-0.2, -0.15) is 5.10 Å². The Labute approximate surface area is 115 Å². The van der Waals surface area contributed by atoms with E-state index < -0.39 is 5.82 Å². The number of hydrazine groups is 1. The fraction of sp³-hybridized carbons (Fsp3) is 0.333. The molecule has 5 nitrogen and oxygen atoms in total. The molecule has 0 saturated heterocycles. The monoisotopic (exact) mass is 283 g/mol. The average Bonchev–Trinajstić information content (AvgIpc) is 2.86. The van der Waals surface area contributed by atoms with Gasteiger partial charge in [-0.25, -0.2) is 9.37 Å². The normalized spacial score (nSPS) is 12.6. The van der Waals surface area contributed by atoms with E-state index in [0.29, 0.717) is 6.42 Å². The second-order valence-corrected chi connectivity index (χ2v) is 4.50. The Morgan fingerprint density at radius 3 is 2.95 bits per heavy atom. The number of aromatic nitrogens is 3. The maximum absolute atomic E-state index is 13.5. The van der Waals surface area contributed by atoms with E-state index in [0.717, 1.165) is 17.9 Å². The van der Waals surface area contributed by atoms with Crippen molar-refractivity contribution in [3.8, 4) is 0 Å². The van der Waals surface area contributed by atoms with Crippen LogP contribution in [0.3, 0.4) is 0 Å². The van der Waals surface area contributed by atoms with Gasteiger partial charge in [0.15, 0.2) is 0 Å². The van der Waals surface area contributed by atoms with Gasteiger partial charge < -0.3 is 0 Å². The summed E-state index contributed by atoms with van der Waals surface area (Å²) < 4.78 is 15.2. The number of halogens is 2. The molecule has 102 valence electrons. The van der Waals surface area contributed by atoms with Crippen LogP contribution in [0.5, 0.6) is 0 Å². The summed E-state index contributed by atoms with van der Waals surface area (Å²) in [6, 6.07) is 4.38. The maximum atomic E-state index is 13.5. The lowest BCUT2D eigenvalue weighted by molar-refractivity contribution is 0.507. The summed E-state index contributed by atoms with van der Waals surface area (Å²) in [6.07, 6.45) is 2.01. The van der Waals surface area contributed by atoms with Crippen molar-refractivity contribution >= 4 is 11.6 Å². The summed E-state index contributed by atoms with van der Waals surface area (Å²) in [6.45, 7) is 2.70. The van der Waals surface area contributed by atoms with Crippen LogP contribution < -0.4 is 11.3 Å². The lowest BCUT2D eigenvalue weighted by Crippen LogP contribution is -2.30. The van der Waals surface area contributed by atoms with Crippen molar-refractivity contribution < 1.29 is 4.39 Å². The SMILES string of the molecule is CCn1ncnc1CC(NN)c1ccc(Cl)c(F)c1. The molecule has 19 heavy (non-hydrogen) atoms. The van der Waals surface area contributed by atoms with Crippen LogP contribution in [-0.4, -0.2) is 14.8 Å². The molecule has 0 aliphatic rings. The molecule has 0 aliphatic carbocycles. The van der Waals surface area contributed by atoms with Gasteiger partial charge in [-0.15, -0.1) is 0 Å². The van der Waals surface area contributed by atoms with E-state index in [1.807, 2.05) is 6.92 Å². The number of nitrogens with zero attached hydrogens (tertiary/aromatic N) is 3. The van der Waals surface area contributed by atoms with Crippen molar-refractivity contribution in [2.45, 2.75) is 25.9 Å². The molecule has 0 fully saturated rings. The molecule has 0 amide bonds. The molecule has 2 aromatic rings. The highest BCUT2D eigenvalue weighted by atomic mass is 35.5. The average molecular weight is 284 g/mol. The van der Waals surface area contributed by atoms with E-state index in [1.54, 1.807) is 10.7 Å². The number of nitrogens with one attached hydrogen (secondary N) is 1. The number of rotatable bonds is 5. The molecule has 0 aliphatic heterocycles. The molecular weight excluding hydrogens is 269 g/mol. The molecule has 1 unspecified atom stereocenters. The van der Waals surface area contributed by atoms with Gasteiger partial charge in [0.25, 0.3) is 0 Å². The molecule has 1 aromatic heterocycles. The lowest BCUT2D eigenvalue weighted by Gasteiger charge is -2.16. The first-order valence-corrected chi connectivity index (χ1v) is 6.31. The van der Waals surface area contributed by atoms with Gasteiger partial charge >= 0.3 is 0 Å². The third kappa shape index (κ3) is 3.09. The Balaban J connectivity index is 2.22. The first-order valence-electron chi connectivity index (χ1n) is 5.93. The van der Waals surface area contributed by atoms with Crippen LogP contribution in [0.2, 0.25) is 5.02 Å². The molecule has 1 atom stereocenters. The summed E-state index contributed by atoms with van der Waals surface area (Å²) in [5, 5.41) is 4.18. The summed E-state index contributed by atoms with van der Waals surface area (Å²) in [5.74, 6) is 5.87. The standard InChI is InChI=1S/C12H15ClFN5/c1-2-19-12(16-7-17-19)6-11(18-15)8-3-4-9(13)10(14)5-8/h3-5,7,11,18H,2,6,15H2,1H3. The Kier molecular flexibility index (Phi) is 4.47. The molecule has 0 radical (unpaired) electrons. The highest BCUT2D eigenvalue weighted by Crippen LogP contribution is 2.22. The van der Waals surface area contributed by atoms with E-state index in [-0.39, 0.29) is 11.1 Å². The molecule has 0 spiro atoms. The van der Waals surface area contributed by atoms with Gasteiger partial charge in [0.05, 0.1) is 11.1 Å². The fourth-order valence-corrected chi connectivity index (χ4v) is 2.01. The van der Waals surface area contributed by atoms with E-state index in [4.69, 9.17) is 17.4 Å². The second-order valence-electron chi connectivity index (χ2n) is 4.09. The minimum absolute atomic E-state index is 0.0937. The lowest BCUT2D eigenvalue weighted by atomic mass is 10.0. The topological polar surface area (TPSA) is 68.8 Å². The smallest absolute Gasteiger partial charge is 0.142 e. The van der Waals surface area contributed by atoms with Crippen LogP contribution in [0.15, 0.2) is 24.5 Å². The van der Waals surface area contributed by atoms with Crippen LogP contribution in [0.25, 0.3) is 0 Å². The zero-order valence-corrected chi connectivity index (χ0v) is 11.2. The van der Waals surface area contributed by atoms with Gasteiger partial charge in [-0.1, -0.05) is 17.7 Å². The zero-order valence-electron chi connectivity index (χ0n) is 10.5. The van der Waals surface area contributed by atoms with Crippen molar-refractivity contribution in [3.63, 3.8) is 0 Å². The Bertz CT molecular complexity index is 557. The third-order valence-corrected chi connectivity index (χ3v) is 3.24. The van der Waals surface area contributed by atoms with Gasteiger partial charge in [-0.05, 0) is 24.6 Å². The van der Waals surface area contributed by atoms with Crippen molar-refractivity contribution in [3.05, 3.63) is 46.8 Å². The number of nitrogens with two attached hydrogens (primary N) is 1. The summed E-state index contributed by atoms with van der Waals surface area (Å²) >= 11 is 5.67. The quantitative estimate of drug-likeness (QED) is 0.649. The first kappa shape index (κ1) is 13.9. The Morgan fingerprint density at radius 1 is 1.53 bits per heavy atom. The van der Waals surface area contributed by atoms with E-state index >= 15 is 0 Å². The number of benzene rings is 1. The molecule has 7 heteroatoms. The van der Waals surface area contributed by atoms with Crippen molar-refractivity contribution in [2.75, 3.05) is 0 Å². The minimum Gasteiger partial charge on any atom is -0.271 e. The minimum atomic E-state index is -0.462. The highest BCUT2D eigenvalue weighted by molar-refractivity contribution is 6.30. The molecule has 1 aromatic carbocycles. The molecule has 0 saturated carbocycles. The summed E-state index contributed by atoms with van der Waals surface area (Å²) in [7, 11) is 0. The van der Waals surface area contributed by atoms with Crippen LogP contribution in [-0.2, 0) is 13.0 Å². The third-order valence-electron chi connectivity index (χ3n) is 2.93. The number of aryl methyl sites for hydroxylation is 1. The van der Waals surface area contributed by atoms with E-state index in [9.17, 15) is 4.39 Å². The van der Waals surface area contributed by atoms with Gasteiger partial charge in [0.1, 0.15) is 18.0 Å².